The summed E-state index contributed by atoms with van der Waals surface area (Å²) in [6.45, 7) is 4.25. The lowest BCUT2D eigenvalue weighted by molar-refractivity contribution is -0.150. The third-order valence-corrected chi connectivity index (χ3v) is 4.15. The Kier molecular flexibility index (Phi) is 3.65. The summed E-state index contributed by atoms with van der Waals surface area (Å²) in [7, 11) is 1.32. The molecule has 24 heavy (non-hydrogen) atoms. The van der Waals surface area contributed by atoms with Crippen molar-refractivity contribution >= 4 is 17.6 Å². The zero-order valence-electron chi connectivity index (χ0n) is 13.4. The predicted octanol–water partition coefficient (Wildman–Crippen LogP) is 1.84. The summed E-state index contributed by atoms with van der Waals surface area (Å²) in [4.78, 5) is 21.2. The number of aryl methyl sites for hydroxylation is 1. The highest BCUT2D eigenvalue weighted by molar-refractivity contribution is 5.78. The number of carbonyl (C=O) groups is 1. The van der Waals surface area contributed by atoms with E-state index in [1.165, 1.54) is 7.11 Å². The van der Waals surface area contributed by atoms with Crippen molar-refractivity contribution in [1.82, 2.24) is 19.6 Å². The van der Waals surface area contributed by atoms with Crippen LogP contribution in [0.2, 0.25) is 0 Å². The number of anilines is 1. The lowest BCUT2D eigenvalue weighted by atomic mass is 9.90. The van der Waals surface area contributed by atoms with Gasteiger partial charge in [0.1, 0.15) is 5.82 Å². The van der Waals surface area contributed by atoms with Crippen LogP contribution in [0.3, 0.4) is 0 Å². The fraction of sp³-hybridized carbons (Fsp3) is 0.571. The van der Waals surface area contributed by atoms with E-state index in [2.05, 4.69) is 15.1 Å². The summed E-state index contributed by atoms with van der Waals surface area (Å²) in [6, 6.07) is 1.63. The van der Waals surface area contributed by atoms with Crippen LogP contribution in [-0.2, 0) is 15.7 Å². The van der Waals surface area contributed by atoms with Crippen molar-refractivity contribution in [3.63, 3.8) is 0 Å². The van der Waals surface area contributed by atoms with Gasteiger partial charge in [0.15, 0.2) is 0 Å². The van der Waals surface area contributed by atoms with Crippen LogP contribution < -0.4 is 4.90 Å². The fourth-order valence-corrected chi connectivity index (χ4v) is 2.88. The first-order valence-electron chi connectivity index (χ1n) is 7.29. The molecule has 0 saturated carbocycles. The molecule has 7 nitrogen and oxygen atoms in total. The molecular formula is C14H16F3N5O2. The van der Waals surface area contributed by atoms with Gasteiger partial charge in [-0.15, -0.1) is 5.10 Å². The molecule has 0 bridgehead atoms. The molecule has 0 amide bonds. The lowest BCUT2D eigenvalue weighted by Gasteiger charge is -2.23. The first-order chi connectivity index (χ1) is 11.1. The summed E-state index contributed by atoms with van der Waals surface area (Å²) in [5.74, 6) is -1.28. The average molecular weight is 343 g/mol. The number of rotatable bonds is 2. The molecule has 130 valence electrons. The van der Waals surface area contributed by atoms with Crippen molar-refractivity contribution in [2.75, 3.05) is 25.1 Å². The maximum atomic E-state index is 12.9. The average Bonchev–Trinajstić information content (AvgIpc) is 3.09. The fourth-order valence-electron chi connectivity index (χ4n) is 2.88. The molecule has 1 fully saturated rings. The van der Waals surface area contributed by atoms with E-state index < -0.39 is 17.4 Å². The van der Waals surface area contributed by atoms with Crippen molar-refractivity contribution in [1.29, 1.82) is 0 Å². The maximum absolute atomic E-state index is 12.9. The first kappa shape index (κ1) is 16.5. The van der Waals surface area contributed by atoms with Crippen LogP contribution in [0.4, 0.5) is 19.0 Å². The molecule has 0 spiro atoms. The normalized spacial score (nSPS) is 21.5. The second kappa shape index (κ2) is 5.32. The number of aromatic nitrogens is 4. The molecule has 1 atom stereocenters. The van der Waals surface area contributed by atoms with Gasteiger partial charge >= 0.3 is 12.1 Å². The van der Waals surface area contributed by atoms with Crippen molar-refractivity contribution < 1.29 is 22.7 Å². The van der Waals surface area contributed by atoms with E-state index in [-0.39, 0.29) is 11.7 Å². The second-order valence-electron chi connectivity index (χ2n) is 6.12. The van der Waals surface area contributed by atoms with Crippen LogP contribution in [0, 0.1) is 12.3 Å². The minimum atomic E-state index is -4.65. The summed E-state index contributed by atoms with van der Waals surface area (Å²) in [6.07, 6.45) is -4.12. The number of hydrogen-bond acceptors (Lipinski definition) is 6. The zero-order valence-corrected chi connectivity index (χ0v) is 13.4. The van der Waals surface area contributed by atoms with Gasteiger partial charge in [-0.1, -0.05) is 0 Å². The SMILES string of the molecule is COC(=O)C1(C)CCN(c2cc(C)nc3nc(C(F)(F)F)nn23)C1. The number of fused-ring (bicyclic) bond motifs is 1. The predicted molar refractivity (Wildman–Crippen MR) is 77.5 cm³/mol. The number of esters is 1. The molecule has 1 aliphatic heterocycles. The molecule has 2 aromatic heterocycles. The van der Waals surface area contributed by atoms with Gasteiger partial charge in [0.2, 0.25) is 0 Å². The number of ether oxygens (including phenoxy) is 1. The monoisotopic (exact) mass is 343 g/mol. The molecule has 1 saturated heterocycles. The van der Waals surface area contributed by atoms with Crippen LogP contribution in [0.1, 0.15) is 24.9 Å². The van der Waals surface area contributed by atoms with Crippen molar-refractivity contribution in [2.24, 2.45) is 5.41 Å². The van der Waals surface area contributed by atoms with Gasteiger partial charge in [0.25, 0.3) is 11.6 Å². The van der Waals surface area contributed by atoms with E-state index in [0.29, 0.717) is 31.0 Å². The van der Waals surface area contributed by atoms with E-state index in [9.17, 15) is 18.0 Å². The van der Waals surface area contributed by atoms with Gasteiger partial charge < -0.3 is 9.64 Å². The quantitative estimate of drug-likeness (QED) is 0.775. The Morgan fingerprint density at radius 1 is 1.38 bits per heavy atom. The Labute approximate surface area is 135 Å². The molecule has 10 heteroatoms. The van der Waals surface area contributed by atoms with Crippen LogP contribution in [-0.4, -0.2) is 45.8 Å². The molecular weight excluding hydrogens is 327 g/mol. The van der Waals surface area contributed by atoms with E-state index >= 15 is 0 Å². The summed E-state index contributed by atoms with van der Waals surface area (Å²) in [5, 5.41) is 3.54. The second-order valence-corrected chi connectivity index (χ2v) is 6.12. The summed E-state index contributed by atoms with van der Waals surface area (Å²) in [5.41, 5.74) is -0.198. The Bertz CT molecular complexity index is 804. The largest absolute Gasteiger partial charge is 0.469 e. The van der Waals surface area contributed by atoms with Gasteiger partial charge in [-0.25, -0.2) is 4.98 Å². The lowest BCUT2D eigenvalue weighted by Crippen LogP contribution is -2.33. The van der Waals surface area contributed by atoms with E-state index in [1.54, 1.807) is 24.8 Å². The molecule has 0 N–H and O–H groups in total. The van der Waals surface area contributed by atoms with Crippen LogP contribution in [0.15, 0.2) is 6.07 Å². The maximum Gasteiger partial charge on any atom is 0.453 e. The third kappa shape index (κ3) is 2.65. The number of methoxy groups -OCH3 is 1. The number of carbonyl (C=O) groups excluding carboxylic acids is 1. The van der Waals surface area contributed by atoms with Crippen molar-refractivity contribution in [3.8, 4) is 0 Å². The highest BCUT2D eigenvalue weighted by Crippen LogP contribution is 2.35. The zero-order chi connectivity index (χ0) is 17.7. The number of hydrogen-bond donors (Lipinski definition) is 0. The van der Waals surface area contributed by atoms with E-state index in [4.69, 9.17) is 4.74 Å². The Balaban J connectivity index is 2.04. The molecule has 0 radical (unpaired) electrons. The van der Waals surface area contributed by atoms with Crippen LogP contribution >= 0.6 is 0 Å². The first-order valence-corrected chi connectivity index (χ1v) is 7.29. The molecule has 2 aromatic rings. The number of halogens is 3. The van der Waals surface area contributed by atoms with Crippen molar-refractivity contribution in [2.45, 2.75) is 26.4 Å². The molecule has 1 unspecified atom stereocenters. The standard InChI is InChI=1S/C14H16F3N5O2/c1-8-6-9(21-5-4-13(2,7-21)11(23)24-3)22-12(18-8)19-10(20-22)14(15,16)17/h6H,4-5,7H2,1-3H3. The molecule has 3 heterocycles. The third-order valence-electron chi connectivity index (χ3n) is 4.15. The molecule has 0 aromatic carbocycles. The number of alkyl halides is 3. The topological polar surface area (TPSA) is 72.6 Å². The summed E-state index contributed by atoms with van der Waals surface area (Å²) < 4.78 is 44.5. The van der Waals surface area contributed by atoms with Gasteiger partial charge in [0.05, 0.1) is 12.5 Å². The van der Waals surface area contributed by atoms with E-state index in [0.717, 1.165) is 4.52 Å². The van der Waals surface area contributed by atoms with Crippen molar-refractivity contribution in [3.05, 3.63) is 17.6 Å². The van der Waals surface area contributed by atoms with Gasteiger partial charge in [-0.05, 0) is 20.3 Å². The van der Waals surface area contributed by atoms with Gasteiger partial charge in [0, 0.05) is 24.8 Å². The Hall–Kier alpha value is -2.39. The number of nitrogens with zero attached hydrogens (tertiary/aromatic N) is 5. The van der Waals surface area contributed by atoms with Crippen LogP contribution in [0.5, 0.6) is 0 Å². The summed E-state index contributed by atoms with van der Waals surface area (Å²) >= 11 is 0. The molecule has 0 aliphatic carbocycles. The Morgan fingerprint density at radius 3 is 2.71 bits per heavy atom. The van der Waals surface area contributed by atoms with Gasteiger partial charge in [-0.2, -0.15) is 22.7 Å². The molecule has 1 aliphatic rings. The minimum absolute atomic E-state index is 0.121. The highest BCUT2D eigenvalue weighted by Gasteiger charge is 2.43. The van der Waals surface area contributed by atoms with E-state index in [1.807, 2.05) is 0 Å². The van der Waals surface area contributed by atoms with Crippen LogP contribution in [0.25, 0.3) is 5.78 Å². The highest BCUT2D eigenvalue weighted by atomic mass is 19.4. The minimum Gasteiger partial charge on any atom is -0.469 e. The Morgan fingerprint density at radius 2 is 2.08 bits per heavy atom. The van der Waals surface area contributed by atoms with Gasteiger partial charge in [-0.3, -0.25) is 4.79 Å². The smallest absolute Gasteiger partial charge is 0.453 e. The molecule has 3 rings (SSSR count).